The molecule has 0 aliphatic rings. The van der Waals surface area contributed by atoms with E-state index in [1.807, 2.05) is 12.1 Å². The maximum Gasteiger partial charge on any atom is 0.361 e. The number of ether oxygens (including phenoxy) is 3. The van der Waals surface area contributed by atoms with Gasteiger partial charge in [0.2, 0.25) is 5.69 Å². The van der Waals surface area contributed by atoms with Gasteiger partial charge < -0.3 is 14.2 Å². The minimum absolute atomic E-state index is 0.0221. The molecular formula is C16H19N3O5. The van der Waals surface area contributed by atoms with Crippen LogP contribution in [0.1, 0.15) is 40.4 Å². The number of nitrogens with zero attached hydrogens (tertiary/aromatic N) is 3. The van der Waals surface area contributed by atoms with Crippen LogP contribution in [0, 0.1) is 0 Å². The number of hydrogen-bond acceptors (Lipinski definition) is 7. The quantitative estimate of drug-likeness (QED) is 0.712. The Kier molecular flexibility index (Phi) is 5.89. The summed E-state index contributed by atoms with van der Waals surface area (Å²) in [5.41, 5.74) is 0.691. The lowest BCUT2D eigenvalue weighted by molar-refractivity contribution is 0.0467. The summed E-state index contributed by atoms with van der Waals surface area (Å²) in [7, 11) is 1.58. The fourth-order valence-electron chi connectivity index (χ4n) is 2.07. The molecule has 0 spiro atoms. The molecule has 0 saturated carbocycles. The lowest BCUT2D eigenvalue weighted by Crippen LogP contribution is -2.18. The molecule has 128 valence electrons. The summed E-state index contributed by atoms with van der Waals surface area (Å²) in [6.45, 7) is 3.95. The maximum absolute atomic E-state index is 12.2. The van der Waals surface area contributed by atoms with Crippen molar-refractivity contribution in [2.24, 2.45) is 0 Å². The number of benzene rings is 1. The fourth-order valence-corrected chi connectivity index (χ4v) is 2.07. The van der Waals surface area contributed by atoms with Gasteiger partial charge in [-0.25, -0.2) is 14.3 Å². The van der Waals surface area contributed by atoms with Crippen molar-refractivity contribution in [1.29, 1.82) is 0 Å². The van der Waals surface area contributed by atoms with Crippen LogP contribution in [-0.2, 0) is 16.0 Å². The van der Waals surface area contributed by atoms with E-state index in [4.69, 9.17) is 14.2 Å². The number of hydrogen-bond donors (Lipinski definition) is 0. The normalized spacial score (nSPS) is 10.3. The Labute approximate surface area is 139 Å². The van der Waals surface area contributed by atoms with Gasteiger partial charge in [-0.2, -0.15) is 0 Å². The molecule has 0 aliphatic heterocycles. The number of carbonyl (C=O) groups is 2. The number of carbonyl (C=O) groups excluding carboxylic acids is 2. The van der Waals surface area contributed by atoms with E-state index in [0.717, 1.165) is 11.3 Å². The van der Waals surface area contributed by atoms with Crippen molar-refractivity contribution < 1.29 is 23.8 Å². The van der Waals surface area contributed by atoms with Crippen LogP contribution in [0.4, 0.5) is 0 Å². The molecule has 0 saturated heterocycles. The number of aromatic nitrogens is 3. The first kappa shape index (κ1) is 17.5. The van der Waals surface area contributed by atoms with E-state index >= 15 is 0 Å². The third-order valence-electron chi connectivity index (χ3n) is 3.16. The molecular weight excluding hydrogens is 314 g/mol. The molecule has 0 atom stereocenters. The molecule has 2 rings (SSSR count). The molecule has 1 heterocycles. The van der Waals surface area contributed by atoms with Gasteiger partial charge in [-0.15, -0.1) is 5.10 Å². The number of rotatable bonds is 7. The average molecular weight is 333 g/mol. The molecule has 0 bridgehead atoms. The predicted octanol–water partition coefficient (Wildman–Crippen LogP) is 1.69. The van der Waals surface area contributed by atoms with Crippen molar-refractivity contribution in [3.05, 3.63) is 41.2 Å². The van der Waals surface area contributed by atoms with Crippen molar-refractivity contribution in [1.82, 2.24) is 15.0 Å². The molecule has 0 fully saturated rings. The lowest BCUT2D eigenvalue weighted by atomic mass is 10.2. The molecule has 8 heteroatoms. The first-order valence-electron chi connectivity index (χ1n) is 7.51. The van der Waals surface area contributed by atoms with Crippen LogP contribution in [0.2, 0.25) is 0 Å². The van der Waals surface area contributed by atoms with Crippen LogP contribution in [0.25, 0.3) is 0 Å². The van der Waals surface area contributed by atoms with E-state index in [2.05, 4.69) is 10.3 Å². The molecule has 2 aromatic rings. The molecule has 0 amide bonds. The lowest BCUT2D eigenvalue weighted by Gasteiger charge is -2.08. The van der Waals surface area contributed by atoms with Gasteiger partial charge in [0.1, 0.15) is 5.75 Å². The second-order valence-electron chi connectivity index (χ2n) is 4.73. The molecule has 0 unspecified atom stereocenters. The smallest absolute Gasteiger partial charge is 0.361 e. The highest BCUT2D eigenvalue weighted by Gasteiger charge is 2.27. The zero-order chi connectivity index (χ0) is 17.5. The van der Waals surface area contributed by atoms with Crippen molar-refractivity contribution in [3.8, 4) is 5.75 Å². The van der Waals surface area contributed by atoms with Crippen molar-refractivity contribution in [2.45, 2.75) is 20.4 Å². The predicted molar refractivity (Wildman–Crippen MR) is 84.0 cm³/mol. The van der Waals surface area contributed by atoms with Crippen LogP contribution < -0.4 is 4.74 Å². The topological polar surface area (TPSA) is 92.5 Å². The van der Waals surface area contributed by atoms with Crippen molar-refractivity contribution in [3.63, 3.8) is 0 Å². The summed E-state index contributed by atoms with van der Waals surface area (Å²) in [5, 5.41) is 7.68. The van der Waals surface area contributed by atoms with Gasteiger partial charge in [-0.3, -0.25) is 0 Å². The summed E-state index contributed by atoms with van der Waals surface area (Å²) in [6.07, 6.45) is 0. The molecule has 0 aliphatic carbocycles. The Bertz CT molecular complexity index is 709. The number of methoxy groups -OCH3 is 1. The van der Waals surface area contributed by atoms with Gasteiger partial charge in [0.15, 0.2) is 5.69 Å². The Balaban J connectivity index is 2.33. The Hall–Kier alpha value is -2.90. The van der Waals surface area contributed by atoms with Crippen LogP contribution in [0.15, 0.2) is 24.3 Å². The van der Waals surface area contributed by atoms with Gasteiger partial charge >= 0.3 is 11.9 Å². The molecule has 24 heavy (non-hydrogen) atoms. The largest absolute Gasteiger partial charge is 0.497 e. The molecule has 0 N–H and O–H groups in total. The molecule has 8 nitrogen and oxygen atoms in total. The summed E-state index contributed by atoms with van der Waals surface area (Å²) >= 11 is 0. The van der Waals surface area contributed by atoms with E-state index in [0.29, 0.717) is 0 Å². The SMILES string of the molecule is CCOC(=O)c1nnn(Cc2ccc(OC)cc2)c1C(=O)OCC. The second-order valence-corrected chi connectivity index (χ2v) is 4.73. The van der Waals surface area contributed by atoms with E-state index in [9.17, 15) is 9.59 Å². The molecule has 1 aromatic carbocycles. The first-order valence-corrected chi connectivity index (χ1v) is 7.51. The van der Waals surface area contributed by atoms with E-state index < -0.39 is 11.9 Å². The Morgan fingerprint density at radius 2 is 1.67 bits per heavy atom. The number of esters is 2. The Morgan fingerprint density at radius 1 is 1.04 bits per heavy atom. The average Bonchev–Trinajstić information content (AvgIpc) is 3.00. The molecule has 1 aromatic heterocycles. The van der Waals surface area contributed by atoms with E-state index in [1.54, 1.807) is 33.1 Å². The van der Waals surface area contributed by atoms with E-state index in [1.165, 1.54) is 4.68 Å². The highest BCUT2D eigenvalue weighted by atomic mass is 16.5. The van der Waals surface area contributed by atoms with Gasteiger partial charge in [0.05, 0.1) is 26.9 Å². The Morgan fingerprint density at radius 3 is 2.25 bits per heavy atom. The van der Waals surface area contributed by atoms with Crippen LogP contribution in [0.3, 0.4) is 0 Å². The second kappa shape index (κ2) is 8.09. The maximum atomic E-state index is 12.2. The van der Waals surface area contributed by atoms with E-state index in [-0.39, 0.29) is 31.1 Å². The van der Waals surface area contributed by atoms with Crippen molar-refractivity contribution >= 4 is 11.9 Å². The minimum Gasteiger partial charge on any atom is -0.497 e. The summed E-state index contributed by atoms with van der Waals surface area (Å²) in [6, 6.07) is 7.25. The van der Waals surface area contributed by atoms with Crippen molar-refractivity contribution in [2.75, 3.05) is 20.3 Å². The van der Waals surface area contributed by atoms with Crippen LogP contribution in [-0.4, -0.2) is 47.3 Å². The fraction of sp³-hybridized carbons (Fsp3) is 0.375. The molecule has 0 radical (unpaired) electrons. The third kappa shape index (κ3) is 3.89. The highest BCUT2D eigenvalue weighted by Crippen LogP contribution is 2.15. The standard InChI is InChI=1S/C16H19N3O5/c1-4-23-15(20)13-14(16(21)24-5-2)19(18-17-13)10-11-6-8-12(22-3)9-7-11/h6-9H,4-5,10H2,1-3H3. The summed E-state index contributed by atoms with van der Waals surface area (Å²) < 4.78 is 16.3. The van der Waals surface area contributed by atoms with Crippen LogP contribution in [0.5, 0.6) is 5.75 Å². The summed E-state index contributed by atoms with van der Waals surface area (Å²) in [4.78, 5) is 24.2. The zero-order valence-electron chi connectivity index (χ0n) is 13.8. The van der Waals surface area contributed by atoms with Gasteiger partial charge in [0, 0.05) is 0 Å². The highest BCUT2D eigenvalue weighted by molar-refractivity contribution is 6.00. The summed E-state index contributed by atoms with van der Waals surface area (Å²) in [5.74, 6) is -0.657. The van der Waals surface area contributed by atoms with Gasteiger partial charge in [-0.1, -0.05) is 17.3 Å². The minimum atomic E-state index is -0.707. The van der Waals surface area contributed by atoms with Gasteiger partial charge in [-0.05, 0) is 31.5 Å². The van der Waals surface area contributed by atoms with Gasteiger partial charge in [0.25, 0.3) is 0 Å². The monoisotopic (exact) mass is 333 g/mol. The first-order chi connectivity index (χ1) is 11.6. The van der Waals surface area contributed by atoms with Crippen LogP contribution >= 0.6 is 0 Å². The zero-order valence-corrected chi connectivity index (χ0v) is 13.8. The third-order valence-corrected chi connectivity index (χ3v) is 3.16.